The Balaban J connectivity index is 1.49. The number of thioether (sulfide) groups is 1. The second-order valence-electron chi connectivity index (χ2n) is 7.72. The molecule has 2 fully saturated rings. The Bertz CT molecular complexity index is 695. The van der Waals surface area contributed by atoms with E-state index < -0.39 is 0 Å². The summed E-state index contributed by atoms with van der Waals surface area (Å²) in [6, 6.07) is 8.73. The average Bonchev–Trinajstić information content (AvgIpc) is 3.52. The molecule has 1 amide bonds. The lowest BCUT2D eigenvalue weighted by Crippen LogP contribution is -2.47. The molecule has 1 aromatic carbocycles. The molecule has 7 heteroatoms. The third kappa shape index (κ3) is 6.31. The fraction of sp³-hybridized carbons (Fsp3) is 0.619. The van der Waals surface area contributed by atoms with Crippen molar-refractivity contribution in [1.29, 1.82) is 0 Å². The van der Waals surface area contributed by atoms with Gasteiger partial charge in [-0.2, -0.15) is 11.8 Å². The Hall–Kier alpha value is -1.40. The third-order valence-corrected chi connectivity index (χ3v) is 6.74. The first-order valence-corrected chi connectivity index (χ1v) is 11.8. The SMILES string of the molecule is CN=C(NCC(SC)c1cccc(Cl)c1)NC1CCCC(C(=O)NC2CC2)C1. The van der Waals surface area contributed by atoms with Crippen LogP contribution >= 0.6 is 23.4 Å². The molecule has 0 saturated heterocycles. The molecule has 3 unspecified atom stereocenters. The topological polar surface area (TPSA) is 65.5 Å². The lowest BCUT2D eigenvalue weighted by molar-refractivity contribution is -0.126. The van der Waals surface area contributed by atoms with Crippen LogP contribution in [0, 0.1) is 5.92 Å². The van der Waals surface area contributed by atoms with E-state index >= 15 is 0 Å². The lowest BCUT2D eigenvalue weighted by Gasteiger charge is -2.30. The number of hydrogen-bond acceptors (Lipinski definition) is 3. The molecule has 3 atom stereocenters. The smallest absolute Gasteiger partial charge is 0.223 e. The van der Waals surface area contributed by atoms with Crippen molar-refractivity contribution in [2.75, 3.05) is 19.8 Å². The average molecular weight is 423 g/mol. The number of carbonyl (C=O) groups is 1. The summed E-state index contributed by atoms with van der Waals surface area (Å²) in [4.78, 5) is 16.8. The number of nitrogens with zero attached hydrogens (tertiary/aromatic N) is 1. The van der Waals surface area contributed by atoms with Gasteiger partial charge in [0, 0.05) is 41.9 Å². The summed E-state index contributed by atoms with van der Waals surface area (Å²) in [6.45, 7) is 0.763. The number of amides is 1. The van der Waals surface area contributed by atoms with Gasteiger partial charge in [0.1, 0.15) is 0 Å². The Labute approximate surface area is 177 Å². The summed E-state index contributed by atoms with van der Waals surface area (Å²) in [7, 11) is 1.79. The first-order chi connectivity index (χ1) is 13.6. The number of aliphatic imine (C=N–C) groups is 1. The van der Waals surface area contributed by atoms with Crippen LogP contribution in [0.5, 0.6) is 0 Å². The molecule has 1 aromatic rings. The summed E-state index contributed by atoms with van der Waals surface area (Å²) >= 11 is 7.93. The summed E-state index contributed by atoms with van der Waals surface area (Å²) in [6.07, 6.45) is 8.40. The maximum atomic E-state index is 12.4. The molecule has 0 radical (unpaired) electrons. The minimum atomic E-state index is 0.121. The van der Waals surface area contributed by atoms with Gasteiger partial charge in [-0.05, 0) is 56.1 Å². The van der Waals surface area contributed by atoms with Crippen molar-refractivity contribution < 1.29 is 4.79 Å². The van der Waals surface area contributed by atoms with Gasteiger partial charge in [-0.1, -0.05) is 30.2 Å². The minimum Gasteiger partial charge on any atom is -0.355 e. The zero-order chi connectivity index (χ0) is 19.9. The fourth-order valence-electron chi connectivity index (χ4n) is 3.73. The summed E-state index contributed by atoms with van der Waals surface area (Å²) in [5, 5.41) is 11.2. The van der Waals surface area contributed by atoms with E-state index in [1.165, 1.54) is 5.56 Å². The predicted octanol–water partition coefficient (Wildman–Crippen LogP) is 3.75. The van der Waals surface area contributed by atoms with Crippen LogP contribution in [-0.4, -0.2) is 43.8 Å². The van der Waals surface area contributed by atoms with Crippen molar-refractivity contribution >= 4 is 35.2 Å². The number of rotatable bonds is 7. The standard InChI is InChI=1S/C21H31ClN4OS/c1-23-21(24-13-19(28-2)14-5-3-7-16(22)11-14)26-18-8-4-6-15(12-18)20(27)25-17-9-10-17/h3,5,7,11,15,17-19H,4,6,8-10,12-13H2,1-2H3,(H,25,27)(H2,23,24,26). The van der Waals surface area contributed by atoms with Gasteiger partial charge in [0.25, 0.3) is 0 Å². The van der Waals surface area contributed by atoms with Crippen LogP contribution in [0.1, 0.15) is 49.3 Å². The molecular weight excluding hydrogens is 392 g/mol. The normalized spacial score (nSPS) is 23.8. The van der Waals surface area contributed by atoms with E-state index in [-0.39, 0.29) is 17.9 Å². The molecule has 3 N–H and O–H groups in total. The van der Waals surface area contributed by atoms with Crippen LogP contribution in [0.4, 0.5) is 0 Å². The van der Waals surface area contributed by atoms with Crippen molar-refractivity contribution in [2.45, 2.75) is 55.9 Å². The van der Waals surface area contributed by atoms with Gasteiger partial charge in [0.05, 0.1) is 0 Å². The Kier molecular flexibility index (Phi) is 7.91. The highest BCUT2D eigenvalue weighted by molar-refractivity contribution is 7.98. The van der Waals surface area contributed by atoms with E-state index in [4.69, 9.17) is 11.6 Å². The highest BCUT2D eigenvalue weighted by Gasteiger charge is 2.31. The largest absolute Gasteiger partial charge is 0.355 e. The summed E-state index contributed by atoms with van der Waals surface area (Å²) < 4.78 is 0. The van der Waals surface area contributed by atoms with Crippen molar-refractivity contribution in [2.24, 2.45) is 10.9 Å². The molecule has 0 aliphatic heterocycles. The molecule has 2 aliphatic rings. The highest BCUT2D eigenvalue weighted by Crippen LogP contribution is 2.28. The molecule has 2 aliphatic carbocycles. The van der Waals surface area contributed by atoms with Gasteiger partial charge in [0.2, 0.25) is 5.91 Å². The molecule has 0 aromatic heterocycles. The van der Waals surface area contributed by atoms with Gasteiger partial charge in [-0.25, -0.2) is 0 Å². The quantitative estimate of drug-likeness (QED) is 0.462. The van der Waals surface area contributed by atoms with E-state index in [0.29, 0.717) is 11.3 Å². The summed E-state index contributed by atoms with van der Waals surface area (Å²) in [5.41, 5.74) is 1.21. The number of hydrogen-bond donors (Lipinski definition) is 3. The summed E-state index contributed by atoms with van der Waals surface area (Å²) in [5.74, 6) is 1.16. The first kappa shape index (κ1) is 21.3. The number of halogens is 1. The molecule has 154 valence electrons. The fourth-order valence-corrected chi connectivity index (χ4v) is 4.59. The molecule has 0 heterocycles. The highest BCUT2D eigenvalue weighted by atomic mass is 35.5. The van der Waals surface area contributed by atoms with E-state index in [2.05, 4.69) is 33.3 Å². The van der Waals surface area contributed by atoms with Gasteiger partial charge >= 0.3 is 0 Å². The first-order valence-electron chi connectivity index (χ1n) is 10.1. The Morgan fingerprint density at radius 3 is 2.75 bits per heavy atom. The maximum absolute atomic E-state index is 12.4. The third-order valence-electron chi connectivity index (χ3n) is 5.49. The second-order valence-corrected chi connectivity index (χ2v) is 9.20. The monoisotopic (exact) mass is 422 g/mol. The second kappa shape index (κ2) is 10.4. The zero-order valence-corrected chi connectivity index (χ0v) is 18.3. The van der Waals surface area contributed by atoms with Gasteiger partial charge < -0.3 is 16.0 Å². The van der Waals surface area contributed by atoms with Crippen LogP contribution in [0.2, 0.25) is 5.02 Å². The molecule has 3 rings (SSSR count). The van der Waals surface area contributed by atoms with Crippen molar-refractivity contribution in [3.63, 3.8) is 0 Å². The van der Waals surface area contributed by atoms with Gasteiger partial charge in [-0.3, -0.25) is 9.79 Å². The lowest BCUT2D eigenvalue weighted by atomic mass is 9.85. The number of nitrogens with one attached hydrogen (secondary N) is 3. The van der Waals surface area contributed by atoms with Gasteiger partial charge in [-0.15, -0.1) is 0 Å². The number of carbonyl (C=O) groups excluding carboxylic acids is 1. The Morgan fingerprint density at radius 1 is 1.25 bits per heavy atom. The van der Waals surface area contributed by atoms with Crippen molar-refractivity contribution in [3.8, 4) is 0 Å². The van der Waals surface area contributed by atoms with E-state index in [0.717, 1.165) is 56.1 Å². The van der Waals surface area contributed by atoms with Gasteiger partial charge in [0.15, 0.2) is 5.96 Å². The maximum Gasteiger partial charge on any atom is 0.223 e. The molecule has 0 spiro atoms. The molecular formula is C21H31ClN4OS. The van der Waals surface area contributed by atoms with Crippen molar-refractivity contribution in [3.05, 3.63) is 34.9 Å². The predicted molar refractivity (Wildman–Crippen MR) is 119 cm³/mol. The van der Waals surface area contributed by atoms with E-state index in [9.17, 15) is 4.79 Å². The number of benzene rings is 1. The number of guanidine groups is 1. The zero-order valence-electron chi connectivity index (χ0n) is 16.7. The van der Waals surface area contributed by atoms with E-state index in [1.54, 1.807) is 18.8 Å². The van der Waals surface area contributed by atoms with Crippen LogP contribution < -0.4 is 16.0 Å². The molecule has 2 saturated carbocycles. The van der Waals surface area contributed by atoms with Crippen LogP contribution in [0.15, 0.2) is 29.3 Å². The van der Waals surface area contributed by atoms with Crippen molar-refractivity contribution in [1.82, 2.24) is 16.0 Å². The molecule has 0 bridgehead atoms. The van der Waals surface area contributed by atoms with E-state index in [1.807, 2.05) is 18.2 Å². The van der Waals surface area contributed by atoms with Crippen LogP contribution in [0.25, 0.3) is 0 Å². The van der Waals surface area contributed by atoms with Crippen LogP contribution in [-0.2, 0) is 4.79 Å². The molecule has 28 heavy (non-hydrogen) atoms. The van der Waals surface area contributed by atoms with Crippen LogP contribution in [0.3, 0.4) is 0 Å². The Morgan fingerprint density at radius 2 is 2.07 bits per heavy atom. The minimum absolute atomic E-state index is 0.121. The molecule has 5 nitrogen and oxygen atoms in total.